The molecule has 2 aliphatic rings. The number of hydrogen-bond acceptors (Lipinski definition) is 4. The van der Waals surface area contributed by atoms with Crippen molar-refractivity contribution in [3.05, 3.63) is 21.0 Å². The van der Waals surface area contributed by atoms with Crippen LogP contribution in [-0.4, -0.2) is 28.9 Å². The summed E-state index contributed by atoms with van der Waals surface area (Å²) in [6, 6.07) is 0.290. The van der Waals surface area contributed by atoms with E-state index < -0.39 is 0 Å². The molecule has 0 atom stereocenters. The lowest BCUT2D eigenvalue weighted by atomic mass is 10.1. The van der Waals surface area contributed by atoms with E-state index in [9.17, 15) is 4.79 Å². The lowest BCUT2D eigenvalue weighted by Gasteiger charge is -2.32. The second-order valence-corrected chi connectivity index (χ2v) is 6.39. The molecule has 6 heteroatoms. The number of anilines is 1. The molecule has 1 aliphatic heterocycles. The first-order chi connectivity index (χ1) is 9.15. The number of hydrogen-bond donors (Lipinski definition) is 1. The van der Waals surface area contributed by atoms with Gasteiger partial charge in [0.1, 0.15) is 4.47 Å². The molecule has 1 saturated carbocycles. The summed E-state index contributed by atoms with van der Waals surface area (Å²) in [6.07, 6.45) is 6.19. The van der Waals surface area contributed by atoms with Crippen LogP contribution in [0.15, 0.2) is 15.5 Å². The van der Waals surface area contributed by atoms with Crippen LogP contribution in [-0.2, 0) is 6.54 Å². The topological polar surface area (TPSA) is 64.2 Å². The van der Waals surface area contributed by atoms with Crippen LogP contribution in [0.2, 0.25) is 0 Å². The average molecular weight is 327 g/mol. The number of nitrogens with zero attached hydrogens (tertiary/aromatic N) is 3. The molecule has 2 heterocycles. The van der Waals surface area contributed by atoms with Crippen molar-refractivity contribution in [1.29, 1.82) is 0 Å². The zero-order valence-electron chi connectivity index (χ0n) is 10.9. The van der Waals surface area contributed by atoms with Gasteiger partial charge in [0.25, 0.3) is 5.56 Å². The Balaban J connectivity index is 1.82. The molecule has 5 nitrogen and oxygen atoms in total. The summed E-state index contributed by atoms with van der Waals surface area (Å²) in [4.78, 5) is 14.5. The maximum atomic E-state index is 12.3. The predicted octanol–water partition coefficient (Wildman–Crippen LogP) is 1.34. The predicted molar refractivity (Wildman–Crippen MR) is 78.3 cm³/mol. The van der Waals surface area contributed by atoms with E-state index in [0.717, 1.165) is 38.2 Å². The van der Waals surface area contributed by atoms with Gasteiger partial charge in [-0.15, -0.1) is 0 Å². The molecule has 1 aromatic heterocycles. The maximum Gasteiger partial charge on any atom is 0.283 e. The number of nitrogens with two attached hydrogens (primary N) is 1. The lowest BCUT2D eigenvalue weighted by molar-refractivity contribution is 0.495. The molecule has 104 valence electrons. The number of aromatic nitrogens is 2. The monoisotopic (exact) mass is 326 g/mol. The Morgan fingerprint density at radius 3 is 2.63 bits per heavy atom. The Kier molecular flexibility index (Phi) is 3.62. The van der Waals surface area contributed by atoms with Crippen LogP contribution in [0.1, 0.15) is 25.7 Å². The highest BCUT2D eigenvalue weighted by Crippen LogP contribution is 2.30. The standard InChI is InChI=1S/C13H19BrN4O/c14-12-11(17-5-3-10(15)4-6-17)7-16-18(13(12)19)8-9-1-2-9/h7,9-10H,1-6,8,15H2. The van der Waals surface area contributed by atoms with Crippen LogP contribution in [0.5, 0.6) is 0 Å². The van der Waals surface area contributed by atoms with Gasteiger partial charge in [0, 0.05) is 25.7 Å². The van der Waals surface area contributed by atoms with Gasteiger partial charge in [-0.05, 0) is 47.5 Å². The van der Waals surface area contributed by atoms with Gasteiger partial charge < -0.3 is 10.6 Å². The van der Waals surface area contributed by atoms with Crippen LogP contribution >= 0.6 is 15.9 Å². The number of halogens is 1. The lowest BCUT2D eigenvalue weighted by Crippen LogP contribution is -2.40. The third kappa shape index (κ3) is 2.84. The van der Waals surface area contributed by atoms with E-state index in [-0.39, 0.29) is 5.56 Å². The molecular weight excluding hydrogens is 308 g/mol. The summed E-state index contributed by atoms with van der Waals surface area (Å²) in [7, 11) is 0. The normalized spacial score (nSPS) is 20.8. The van der Waals surface area contributed by atoms with Crippen molar-refractivity contribution in [1.82, 2.24) is 9.78 Å². The minimum absolute atomic E-state index is 0.0146. The van der Waals surface area contributed by atoms with Gasteiger partial charge in [-0.1, -0.05) is 0 Å². The zero-order valence-corrected chi connectivity index (χ0v) is 12.5. The third-order valence-electron chi connectivity index (χ3n) is 3.97. The SMILES string of the molecule is NC1CCN(c2cnn(CC3CC3)c(=O)c2Br)CC1. The first kappa shape index (κ1) is 13.1. The van der Waals surface area contributed by atoms with Crippen molar-refractivity contribution in [3.8, 4) is 0 Å². The van der Waals surface area contributed by atoms with E-state index in [2.05, 4.69) is 25.9 Å². The van der Waals surface area contributed by atoms with E-state index in [1.807, 2.05) is 6.20 Å². The highest BCUT2D eigenvalue weighted by atomic mass is 79.9. The van der Waals surface area contributed by atoms with Crippen LogP contribution in [0, 0.1) is 5.92 Å². The Labute approximate surface area is 120 Å². The third-order valence-corrected chi connectivity index (χ3v) is 4.72. The van der Waals surface area contributed by atoms with E-state index in [1.165, 1.54) is 12.8 Å². The van der Waals surface area contributed by atoms with E-state index in [0.29, 0.717) is 16.4 Å². The summed E-state index contributed by atoms with van der Waals surface area (Å²) >= 11 is 3.45. The molecule has 0 bridgehead atoms. The molecule has 19 heavy (non-hydrogen) atoms. The molecule has 0 aromatic carbocycles. The van der Waals surface area contributed by atoms with Gasteiger partial charge in [0.2, 0.25) is 0 Å². The molecular formula is C13H19BrN4O. The highest BCUT2D eigenvalue weighted by Gasteiger charge is 2.25. The largest absolute Gasteiger partial charge is 0.369 e. The first-order valence-corrected chi connectivity index (χ1v) is 7.70. The average Bonchev–Trinajstić information content (AvgIpc) is 3.21. The van der Waals surface area contributed by atoms with Gasteiger partial charge in [0.05, 0.1) is 11.9 Å². The summed E-state index contributed by atoms with van der Waals surface area (Å²) in [6.45, 7) is 2.55. The summed E-state index contributed by atoms with van der Waals surface area (Å²) < 4.78 is 2.22. The fourth-order valence-electron chi connectivity index (χ4n) is 2.49. The minimum Gasteiger partial charge on any atom is -0.369 e. The van der Waals surface area contributed by atoms with E-state index in [4.69, 9.17) is 5.73 Å². The molecule has 0 spiro atoms. The molecule has 0 radical (unpaired) electrons. The number of rotatable bonds is 3. The Morgan fingerprint density at radius 1 is 1.32 bits per heavy atom. The summed E-state index contributed by atoms with van der Waals surface area (Å²) in [5.41, 5.74) is 6.80. The minimum atomic E-state index is -0.0146. The fraction of sp³-hybridized carbons (Fsp3) is 0.692. The quantitative estimate of drug-likeness (QED) is 0.910. The van der Waals surface area contributed by atoms with Crippen LogP contribution < -0.4 is 16.2 Å². The van der Waals surface area contributed by atoms with E-state index >= 15 is 0 Å². The molecule has 1 saturated heterocycles. The van der Waals surface area contributed by atoms with Crippen LogP contribution in [0.25, 0.3) is 0 Å². The van der Waals surface area contributed by atoms with Gasteiger partial charge in [0.15, 0.2) is 0 Å². The smallest absolute Gasteiger partial charge is 0.283 e. The van der Waals surface area contributed by atoms with Crippen molar-refractivity contribution in [2.24, 2.45) is 11.7 Å². The van der Waals surface area contributed by atoms with Crippen molar-refractivity contribution >= 4 is 21.6 Å². The van der Waals surface area contributed by atoms with Crippen molar-refractivity contribution in [2.75, 3.05) is 18.0 Å². The van der Waals surface area contributed by atoms with Crippen molar-refractivity contribution < 1.29 is 0 Å². The molecule has 2 N–H and O–H groups in total. The van der Waals surface area contributed by atoms with Crippen LogP contribution in [0.4, 0.5) is 5.69 Å². The molecule has 1 aromatic rings. The van der Waals surface area contributed by atoms with E-state index in [1.54, 1.807) is 4.68 Å². The molecule has 3 rings (SSSR count). The highest BCUT2D eigenvalue weighted by molar-refractivity contribution is 9.10. The molecule has 1 aliphatic carbocycles. The zero-order chi connectivity index (χ0) is 13.4. The molecule has 2 fully saturated rings. The van der Waals surface area contributed by atoms with Crippen molar-refractivity contribution in [2.45, 2.75) is 38.3 Å². The second kappa shape index (κ2) is 5.25. The Morgan fingerprint density at radius 2 is 2.00 bits per heavy atom. The van der Waals surface area contributed by atoms with Gasteiger partial charge in [-0.25, -0.2) is 4.68 Å². The summed E-state index contributed by atoms with van der Waals surface area (Å²) in [5.74, 6) is 0.649. The maximum absolute atomic E-state index is 12.3. The Hall–Kier alpha value is -0.880. The fourth-order valence-corrected chi connectivity index (χ4v) is 3.05. The first-order valence-electron chi connectivity index (χ1n) is 6.91. The molecule has 0 unspecified atom stereocenters. The van der Waals surface area contributed by atoms with Crippen molar-refractivity contribution in [3.63, 3.8) is 0 Å². The summed E-state index contributed by atoms with van der Waals surface area (Å²) in [5, 5.41) is 4.31. The van der Waals surface area contributed by atoms with Gasteiger partial charge in [-0.2, -0.15) is 5.10 Å². The molecule has 0 amide bonds. The second-order valence-electron chi connectivity index (χ2n) is 5.60. The van der Waals surface area contributed by atoms with Gasteiger partial charge in [-0.3, -0.25) is 4.79 Å². The number of piperidine rings is 1. The Bertz CT molecular complexity index is 518. The van der Waals surface area contributed by atoms with Crippen LogP contribution in [0.3, 0.4) is 0 Å². The van der Waals surface area contributed by atoms with Gasteiger partial charge >= 0.3 is 0 Å².